The Morgan fingerprint density at radius 3 is 1.87 bits per heavy atom. The van der Waals surface area contributed by atoms with E-state index in [-0.39, 0.29) is 57.1 Å². The summed E-state index contributed by atoms with van der Waals surface area (Å²) in [6, 6.07) is -1.91. The zero-order chi connectivity index (χ0) is 60.6. The van der Waals surface area contributed by atoms with Crippen molar-refractivity contribution in [3.63, 3.8) is 0 Å². The molecule has 15 N–H and O–H groups in total. The second kappa shape index (κ2) is 36.9. The fourth-order valence-electron chi connectivity index (χ4n) is 7.82. The Kier molecular flexibility index (Phi) is 30.6. The number of carboxylic acids is 3. The lowest BCUT2D eigenvalue weighted by Crippen LogP contribution is -2.60. The van der Waals surface area contributed by atoms with Gasteiger partial charge in [0.15, 0.2) is 0 Å². The number of aldehydes is 1. The van der Waals surface area contributed by atoms with E-state index >= 15 is 0 Å². The molecule has 1 aromatic heterocycles. The summed E-state index contributed by atoms with van der Waals surface area (Å²) in [7, 11) is 0. The Bertz CT molecular complexity index is 2620. The number of benzene rings is 1. The number of aromatic amines is 1. The van der Waals surface area contributed by atoms with Crippen molar-refractivity contribution in [2.24, 2.45) is 0 Å². The lowest BCUT2D eigenvalue weighted by atomic mass is 10.0. The van der Waals surface area contributed by atoms with Crippen LogP contribution in [0.4, 0.5) is 11.4 Å². The number of hydrogen-bond acceptors (Lipinski definition) is 21. The highest BCUT2D eigenvalue weighted by atomic mass is 16.5. The molecule has 0 aliphatic rings. The van der Waals surface area contributed by atoms with E-state index in [2.05, 4.69) is 57.8 Å². The van der Waals surface area contributed by atoms with E-state index in [1.54, 1.807) is 30.3 Å². The lowest BCUT2D eigenvalue weighted by molar-refractivity contribution is -0.143. The quantitative estimate of drug-likeness (QED) is 0.0143. The van der Waals surface area contributed by atoms with Crippen LogP contribution in [0.25, 0.3) is 0 Å². The number of carbonyl (C=O) groups excluding carboxylic acids is 7. The van der Waals surface area contributed by atoms with E-state index in [9.17, 15) is 78.0 Å². The minimum Gasteiger partial charge on any atom is -0.481 e. The summed E-state index contributed by atoms with van der Waals surface area (Å²) in [6.45, 7) is 2.09. The van der Waals surface area contributed by atoms with Gasteiger partial charge in [-0.3, -0.25) is 52.8 Å². The van der Waals surface area contributed by atoms with E-state index < -0.39 is 133 Å². The average molecular weight is 1160 g/mol. The van der Waals surface area contributed by atoms with Gasteiger partial charge in [0, 0.05) is 50.9 Å². The number of nitrogens with one attached hydrogen (secondary N) is 10. The van der Waals surface area contributed by atoms with Crippen LogP contribution in [0.15, 0.2) is 52.4 Å². The smallest absolute Gasteiger partial charge is 0.328 e. The van der Waals surface area contributed by atoms with Crippen LogP contribution in [0.2, 0.25) is 0 Å². The second-order valence-corrected chi connectivity index (χ2v) is 18.6. The standard InChI is InChI=1S/C51H74N12O19/c1-3-4-15-63(16-13-52-24-41(70)71)33(25-64)11-8-12-54-42-43(45(73)44(42)72)55-14-17-81-18-19-82-28-39(67)58-36(22-40(68)69)47(75)57-30(2)46(74)59-35(21-32-23-53-29-56-32)49(77)61-37(26-65)50(78)60-34(20-31-9-6-5-7-10-31)48(76)62-38(27-66)51(79)80/h5-7,9-10,23,25,29-30,33-38,52,54-55,65-66H,3-4,8,11-22,24,26-28H2,1-2H3,(H,53,56)(H,57,75)(H,58,67)(H,59,74)(H,60,78)(H,61,77)(H,62,76)(H,68,69)(H,70,71)(H,79,80)/t30?,33?,34-,35-,36-,37?,38?/m0/s1. The van der Waals surface area contributed by atoms with E-state index in [4.69, 9.17) is 14.6 Å². The number of rotatable bonds is 44. The second-order valence-electron chi connectivity index (χ2n) is 18.6. The molecule has 31 nitrogen and oxygen atoms in total. The van der Waals surface area contributed by atoms with Gasteiger partial charge >= 0.3 is 17.9 Å². The number of imidazole rings is 1. The van der Waals surface area contributed by atoms with Crippen molar-refractivity contribution in [3.8, 4) is 0 Å². The van der Waals surface area contributed by atoms with Crippen LogP contribution < -0.4 is 58.7 Å². The molecule has 0 fully saturated rings. The summed E-state index contributed by atoms with van der Waals surface area (Å²) in [5.41, 5.74) is -0.421. The van der Waals surface area contributed by atoms with Gasteiger partial charge in [-0.15, -0.1) is 0 Å². The van der Waals surface area contributed by atoms with Gasteiger partial charge in [0.2, 0.25) is 35.4 Å². The maximum atomic E-state index is 13.7. The number of aromatic nitrogens is 2. The van der Waals surface area contributed by atoms with Crippen LogP contribution in [0.3, 0.4) is 0 Å². The van der Waals surface area contributed by atoms with E-state index in [1.807, 2.05) is 11.8 Å². The van der Waals surface area contributed by atoms with Crippen molar-refractivity contribution in [2.75, 3.05) is 89.5 Å². The first kappa shape index (κ1) is 68.0. The Labute approximate surface area is 470 Å². The van der Waals surface area contributed by atoms with Crippen LogP contribution in [-0.2, 0) is 70.3 Å². The first-order valence-corrected chi connectivity index (χ1v) is 26.3. The molecule has 452 valence electrons. The Balaban J connectivity index is 1.48. The first-order chi connectivity index (χ1) is 39.2. The molecule has 3 aromatic rings. The van der Waals surface area contributed by atoms with Crippen molar-refractivity contribution >= 4 is 71.0 Å². The van der Waals surface area contributed by atoms with Gasteiger partial charge in [-0.1, -0.05) is 43.7 Å². The number of unbranched alkanes of at least 4 members (excludes halogenated alkanes) is 1. The van der Waals surface area contributed by atoms with Crippen molar-refractivity contribution < 1.29 is 83.0 Å². The monoisotopic (exact) mass is 1160 g/mol. The fourth-order valence-corrected chi connectivity index (χ4v) is 7.82. The molecule has 82 heavy (non-hydrogen) atoms. The third-order valence-corrected chi connectivity index (χ3v) is 12.2. The Morgan fingerprint density at radius 2 is 1.27 bits per heavy atom. The highest BCUT2D eigenvalue weighted by Gasteiger charge is 2.33. The zero-order valence-corrected chi connectivity index (χ0v) is 45.4. The molecule has 4 unspecified atom stereocenters. The van der Waals surface area contributed by atoms with E-state index in [1.165, 1.54) is 19.4 Å². The van der Waals surface area contributed by atoms with Gasteiger partial charge in [-0.05, 0) is 38.3 Å². The van der Waals surface area contributed by atoms with Gasteiger partial charge in [0.05, 0.1) is 58.4 Å². The van der Waals surface area contributed by atoms with Gasteiger partial charge in [-0.2, -0.15) is 0 Å². The number of aliphatic hydroxyl groups excluding tert-OH is 2. The Morgan fingerprint density at radius 1 is 0.671 bits per heavy atom. The first-order valence-electron chi connectivity index (χ1n) is 26.3. The maximum absolute atomic E-state index is 13.7. The largest absolute Gasteiger partial charge is 0.481 e. The van der Waals surface area contributed by atoms with Crippen molar-refractivity contribution in [1.29, 1.82) is 0 Å². The summed E-state index contributed by atoms with van der Waals surface area (Å²) in [6.07, 6.45) is 4.73. The van der Waals surface area contributed by atoms with Crippen LogP contribution in [-0.4, -0.2) is 221 Å². The molecule has 6 amide bonds. The van der Waals surface area contributed by atoms with Crippen LogP contribution in [0.1, 0.15) is 57.2 Å². The third-order valence-electron chi connectivity index (χ3n) is 12.2. The number of anilines is 2. The topological polar surface area (TPSA) is 465 Å². The highest BCUT2D eigenvalue weighted by molar-refractivity contribution is 5.97. The molecule has 0 spiro atoms. The number of carbonyl (C=O) groups is 10. The summed E-state index contributed by atoms with van der Waals surface area (Å²) < 4.78 is 10.8. The molecule has 0 bridgehead atoms. The number of amides is 6. The molecule has 0 aliphatic carbocycles. The fraction of sp³-hybridized carbons (Fsp3) is 0.549. The number of ether oxygens (including phenoxy) is 2. The number of aliphatic carboxylic acids is 3. The summed E-state index contributed by atoms with van der Waals surface area (Å²) >= 11 is 0. The van der Waals surface area contributed by atoms with Gasteiger partial charge in [-0.25, -0.2) is 9.78 Å². The molecule has 0 radical (unpaired) electrons. The van der Waals surface area contributed by atoms with E-state index in [0.717, 1.165) is 19.1 Å². The summed E-state index contributed by atoms with van der Waals surface area (Å²) in [5.74, 6) is -10.2. The lowest BCUT2D eigenvalue weighted by Gasteiger charge is -2.28. The normalized spacial score (nSPS) is 13.7. The molecule has 3 rings (SSSR count). The minimum absolute atomic E-state index is 0.0366. The molecular formula is C51H74N12O19. The van der Waals surface area contributed by atoms with Crippen molar-refractivity contribution in [2.45, 2.75) is 101 Å². The number of H-pyrrole nitrogens is 1. The molecule has 1 heterocycles. The van der Waals surface area contributed by atoms with Crippen LogP contribution in [0.5, 0.6) is 0 Å². The number of aliphatic hydroxyl groups is 2. The third kappa shape index (κ3) is 24.2. The van der Waals surface area contributed by atoms with Crippen LogP contribution in [0, 0.1) is 0 Å². The van der Waals surface area contributed by atoms with Crippen molar-refractivity contribution in [3.05, 3.63) is 74.6 Å². The van der Waals surface area contributed by atoms with Crippen LogP contribution >= 0.6 is 0 Å². The molecular weight excluding hydrogens is 1080 g/mol. The molecule has 2 aromatic carbocycles. The summed E-state index contributed by atoms with van der Waals surface area (Å²) in [4.78, 5) is 159. The van der Waals surface area contributed by atoms with E-state index in [0.29, 0.717) is 50.3 Å². The predicted molar refractivity (Wildman–Crippen MR) is 290 cm³/mol. The number of carboxylic acid groups (broad SMARTS) is 3. The summed E-state index contributed by atoms with van der Waals surface area (Å²) in [5, 5.41) is 69.7. The molecule has 0 saturated carbocycles. The minimum atomic E-state index is -1.75. The van der Waals surface area contributed by atoms with Gasteiger partial charge in [0.25, 0.3) is 10.9 Å². The maximum Gasteiger partial charge on any atom is 0.328 e. The molecule has 31 heteroatoms. The predicted octanol–water partition coefficient (Wildman–Crippen LogP) is -5.06. The molecule has 7 atom stereocenters. The Hall–Kier alpha value is -8.23. The SMILES string of the molecule is CCCCN(CCNCC(=O)O)C(C=O)CCCNc1c(NCCOCCOCC(=O)N[C@@H](CC(=O)O)C(=O)NC(C)C(=O)N[C@@H](Cc2cnc[nH]2)C(=O)NC(CO)C(=O)N[C@@H](Cc2ccccc2)C(=O)NC(CO)C(=O)O)c(=O)c1=O. The molecule has 0 aliphatic heterocycles. The molecule has 0 saturated heterocycles. The number of hydrogen-bond donors (Lipinski definition) is 15. The highest BCUT2D eigenvalue weighted by Crippen LogP contribution is 2.15. The average Bonchev–Trinajstić information content (AvgIpc) is 4.12. The zero-order valence-electron chi connectivity index (χ0n) is 45.4. The van der Waals surface area contributed by atoms with Gasteiger partial charge in [0.1, 0.15) is 60.5 Å². The van der Waals surface area contributed by atoms with Gasteiger partial charge < -0.3 is 92.6 Å². The number of nitrogens with zero attached hydrogens (tertiary/aromatic N) is 2. The van der Waals surface area contributed by atoms with Crippen molar-refractivity contribution in [1.82, 2.24) is 52.1 Å².